The van der Waals surface area contributed by atoms with Crippen LogP contribution in [0.1, 0.15) is 84.6 Å². The molecule has 0 saturated carbocycles. The fraction of sp³-hybridized carbons (Fsp3) is 0.333. The Kier molecular flexibility index (Phi) is 6.15. The Balaban J connectivity index is 1.92. The number of rotatable bonds is 7. The van der Waals surface area contributed by atoms with E-state index in [0.29, 0.717) is 0 Å². The van der Waals surface area contributed by atoms with Gasteiger partial charge >= 0.3 is 0 Å². The van der Waals surface area contributed by atoms with Gasteiger partial charge in [-0.1, -0.05) is 75.2 Å². The molecule has 0 bridgehead atoms. The van der Waals surface area contributed by atoms with E-state index in [4.69, 9.17) is 0 Å². The van der Waals surface area contributed by atoms with Crippen LogP contribution in [0, 0.1) is 6.92 Å². The zero-order valence-electron chi connectivity index (χ0n) is 20.0. The maximum atomic E-state index is 13.4. The number of aryl methyl sites for hydroxylation is 1. The van der Waals surface area contributed by atoms with Crippen LogP contribution in [0.2, 0.25) is 0 Å². The minimum Gasteiger partial charge on any atom is -0.293 e. The highest BCUT2D eigenvalue weighted by molar-refractivity contribution is 6.10. The second-order valence-electron chi connectivity index (χ2n) is 9.06. The molecule has 0 fully saturated rings. The summed E-state index contributed by atoms with van der Waals surface area (Å²) in [5, 5.41) is 0. The van der Waals surface area contributed by atoms with Gasteiger partial charge in [-0.3, -0.25) is 9.79 Å². The molecule has 3 aromatic rings. The number of benzene rings is 3. The van der Waals surface area contributed by atoms with E-state index in [1.54, 1.807) is 0 Å². The fourth-order valence-electron chi connectivity index (χ4n) is 5.49. The minimum atomic E-state index is -0.0553. The molecule has 3 aromatic carbocycles. The molecule has 0 radical (unpaired) electrons. The van der Waals surface area contributed by atoms with Crippen LogP contribution in [-0.4, -0.2) is 18.5 Å². The van der Waals surface area contributed by atoms with Crippen molar-refractivity contribution < 1.29 is 4.79 Å². The molecule has 0 spiro atoms. The van der Waals surface area contributed by atoms with Gasteiger partial charge in [0.1, 0.15) is 0 Å². The molecule has 1 aliphatic rings. The molecule has 164 valence electrons. The predicted octanol–water partition coefficient (Wildman–Crippen LogP) is 7.53. The summed E-state index contributed by atoms with van der Waals surface area (Å²) in [7, 11) is 1.85. The molecule has 0 aromatic heterocycles. The largest absolute Gasteiger partial charge is 0.293 e. The Morgan fingerprint density at radius 2 is 1.41 bits per heavy atom. The number of carbonyl (C=O) groups excluding carboxylic acids is 1. The monoisotopic (exact) mass is 423 g/mol. The number of carbonyl (C=O) groups is 1. The zero-order valence-corrected chi connectivity index (χ0v) is 20.0. The number of nitrogens with zero attached hydrogens (tertiary/aromatic N) is 1. The van der Waals surface area contributed by atoms with E-state index in [1.165, 1.54) is 27.8 Å². The van der Waals surface area contributed by atoms with Crippen LogP contribution in [0.3, 0.4) is 0 Å². The van der Waals surface area contributed by atoms with Crippen LogP contribution < -0.4 is 0 Å². The van der Waals surface area contributed by atoms with E-state index in [2.05, 4.69) is 56.1 Å². The van der Waals surface area contributed by atoms with E-state index in [-0.39, 0.29) is 11.2 Å². The Morgan fingerprint density at radius 1 is 0.844 bits per heavy atom. The van der Waals surface area contributed by atoms with Crippen LogP contribution in [0.4, 0.5) is 0 Å². The van der Waals surface area contributed by atoms with E-state index in [9.17, 15) is 4.79 Å². The van der Waals surface area contributed by atoms with Crippen LogP contribution >= 0.6 is 0 Å². The lowest BCUT2D eigenvalue weighted by atomic mass is 9.71. The predicted molar refractivity (Wildman–Crippen MR) is 135 cm³/mol. The van der Waals surface area contributed by atoms with Gasteiger partial charge in [0.25, 0.3) is 0 Å². The first-order chi connectivity index (χ1) is 15.5. The zero-order chi connectivity index (χ0) is 22.9. The minimum absolute atomic E-state index is 0.0553. The lowest BCUT2D eigenvalue weighted by molar-refractivity contribution is 0.103. The standard InChI is InChI=1S/C30H33NO/c1-6-16-30(17-7-2)27-18-22(21(4)31-5)12-14-25(27)26-15-13-23(19-28(26)30)29(32)24-11-9-8-10-20(24)3/h8-15,18-19H,6-7,16-17H2,1-5H3. The summed E-state index contributed by atoms with van der Waals surface area (Å²) in [6.45, 7) is 8.61. The molecule has 0 saturated heterocycles. The molecule has 0 amide bonds. The lowest BCUT2D eigenvalue weighted by Gasteiger charge is -2.32. The average molecular weight is 424 g/mol. The van der Waals surface area contributed by atoms with Crippen molar-refractivity contribution in [3.8, 4) is 11.1 Å². The lowest BCUT2D eigenvalue weighted by Crippen LogP contribution is -2.25. The van der Waals surface area contributed by atoms with E-state index >= 15 is 0 Å². The van der Waals surface area contributed by atoms with Gasteiger partial charge in [-0.05, 0) is 72.2 Å². The van der Waals surface area contributed by atoms with Crippen molar-refractivity contribution in [2.45, 2.75) is 58.8 Å². The number of hydrogen-bond donors (Lipinski definition) is 0. The molecule has 2 heteroatoms. The quantitative estimate of drug-likeness (QED) is 0.285. The summed E-state index contributed by atoms with van der Waals surface area (Å²) in [6, 6.07) is 21.0. The van der Waals surface area contributed by atoms with Gasteiger partial charge < -0.3 is 0 Å². The van der Waals surface area contributed by atoms with Gasteiger partial charge in [-0.25, -0.2) is 0 Å². The van der Waals surface area contributed by atoms with Crippen molar-refractivity contribution in [2.75, 3.05) is 7.05 Å². The third kappa shape index (κ3) is 3.52. The highest BCUT2D eigenvalue weighted by Crippen LogP contribution is 2.54. The molecule has 0 unspecified atom stereocenters. The van der Waals surface area contributed by atoms with Crippen LogP contribution in [0.15, 0.2) is 65.7 Å². The second kappa shape index (κ2) is 8.86. The molecule has 32 heavy (non-hydrogen) atoms. The first kappa shape index (κ1) is 22.2. The fourth-order valence-corrected chi connectivity index (χ4v) is 5.49. The maximum absolute atomic E-state index is 13.4. The summed E-state index contributed by atoms with van der Waals surface area (Å²) in [5.74, 6) is 0.110. The summed E-state index contributed by atoms with van der Waals surface area (Å²) in [4.78, 5) is 17.9. The van der Waals surface area contributed by atoms with Gasteiger partial charge in [-0.2, -0.15) is 0 Å². The van der Waals surface area contributed by atoms with Crippen molar-refractivity contribution >= 4 is 11.5 Å². The molecular formula is C30H33NO. The number of aliphatic imine (C=N–C) groups is 1. The Hall–Kier alpha value is -3.00. The van der Waals surface area contributed by atoms with Gasteiger partial charge in [-0.15, -0.1) is 0 Å². The number of hydrogen-bond acceptors (Lipinski definition) is 2. The van der Waals surface area contributed by atoms with Crippen LogP contribution in [0.25, 0.3) is 11.1 Å². The van der Waals surface area contributed by atoms with Crippen LogP contribution in [0.5, 0.6) is 0 Å². The molecule has 0 heterocycles. The summed E-state index contributed by atoms with van der Waals surface area (Å²) in [6.07, 6.45) is 4.35. The molecule has 1 aliphatic carbocycles. The second-order valence-corrected chi connectivity index (χ2v) is 9.06. The number of ketones is 1. The third-order valence-corrected chi connectivity index (χ3v) is 7.12. The summed E-state index contributed by atoms with van der Waals surface area (Å²) in [5.41, 5.74) is 10.1. The molecule has 0 N–H and O–H groups in total. The Labute approximate surface area is 192 Å². The van der Waals surface area contributed by atoms with Crippen molar-refractivity contribution in [1.29, 1.82) is 0 Å². The van der Waals surface area contributed by atoms with Crippen molar-refractivity contribution in [2.24, 2.45) is 4.99 Å². The Bertz CT molecular complexity index is 1200. The summed E-state index contributed by atoms with van der Waals surface area (Å²) >= 11 is 0. The number of fused-ring (bicyclic) bond motifs is 3. The molecule has 2 nitrogen and oxygen atoms in total. The van der Waals surface area contributed by atoms with Crippen molar-refractivity contribution in [3.05, 3.63) is 94.0 Å². The molecular weight excluding hydrogens is 390 g/mol. The smallest absolute Gasteiger partial charge is 0.193 e. The molecule has 0 atom stereocenters. The maximum Gasteiger partial charge on any atom is 0.193 e. The van der Waals surface area contributed by atoms with Gasteiger partial charge in [0, 0.05) is 29.3 Å². The highest BCUT2D eigenvalue weighted by atomic mass is 16.1. The summed E-state index contributed by atoms with van der Waals surface area (Å²) < 4.78 is 0. The van der Waals surface area contributed by atoms with Gasteiger partial charge in [0.15, 0.2) is 5.78 Å². The van der Waals surface area contributed by atoms with E-state index in [0.717, 1.165) is 48.1 Å². The van der Waals surface area contributed by atoms with Crippen LogP contribution in [-0.2, 0) is 5.41 Å². The highest BCUT2D eigenvalue weighted by Gasteiger charge is 2.42. The molecule has 4 rings (SSSR count). The van der Waals surface area contributed by atoms with Crippen molar-refractivity contribution in [1.82, 2.24) is 0 Å². The topological polar surface area (TPSA) is 29.4 Å². The van der Waals surface area contributed by atoms with Gasteiger partial charge in [0.05, 0.1) is 0 Å². The van der Waals surface area contributed by atoms with E-state index < -0.39 is 0 Å². The first-order valence-electron chi connectivity index (χ1n) is 11.8. The average Bonchev–Trinajstić information content (AvgIpc) is 3.07. The first-order valence-corrected chi connectivity index (χ1v) is 11.8. The molecule has 0 aliphatic heterocycles. The van der Waals surface area contributed by atoms with Crippen molar-refractivity contribution in [3.63, 3.8) is 0 Å². The van der Waals surface area contributed by atoms with E-state index in [1.807, 2.05) is 44.3 Å². The Morgan fingerprint density at radius 3 is 1.97 bits per heavy atom. The normalized spacial score (nSPS) is 14.2. The van der Waals surface area contributed by atoms with Gasteiger partial charge in [0.2, 0.25) is 0 Å². The third-order valence-electron chi connectivity index (χ3n) is 7.12. The SMILES string of the molecule is CCCC1(CCC)c2cc(C(=O)c3ccccc3C)ccc2-c2ccc(C(C)=NC)cc21.